The zero-order valence-corrected chi connectivity index (χ0v) is 17.9. The highest BCUT2D eigenvalue weighted by Crippen LogP contribution is 2.60. The van der Waals surface area contributed by atoms with Crippen molar-refractivity contribution in [1.82, 2.24) is 16.0 Å². The second-order valence-electron chi connectivity index (χ2n) is 9.97. The van der Waals surface area contributed by atoms with E-state index in [1.807, 2.05) is 13.8 Å². The van der Waals surface area contributed by atoms with Crippen molar-refractivity contribution in [2.24, 2.45) is 29.1 Å². The van der Waals surface area contributed by atoms with Crippen LogP contribution in [-0.4, -0.2) is 30.3 Å². The van der Waals surface area contributed by atoms with E-state index >= 15 is 0 Å². The van der Waals surface area contributed by atoms with Crippen LogP contribution in [0.4, 0.5) is 0 Å². The van der Waals surface area contributed by atoms with Crippen LogP contribution < -0.4 is 16.0 Å². The molecule has 3 amide bonds. The minimum Gasteiger partial charge on any atom is -0.467 e. The predicted molar refractivity (Wildman–Crippen MR) is 111 cm³/mol. The highest BCUT2D eigenvalue weighted by Gasteiger charge is 2.55. The summed E-state index contributed by atoms with van der Waals surface area (Å²) >= 11 is 0. The minimum atomic E-state index is -0.636. The van der Waals surface area contributed by atoms with E-state index in [0.29, 0.717) is 23.5 Å². The van der Waals surface area contributed by atoms with Crippen LogP contribution in [0.5, 0.6) is 0 Å². The molecular weight excluding hydrogens is 382 g/mol. The monoisotopic (exact) mass is 415 g/mol. The van der Waals surface area contributed by atoms with Gasteiger partial charge < -0.3 is 20.4 Å². The van der Waals surface area contributed by atoms with Gasteiger partial charge in [-0.05, 0) is 74.3 Å². The van der Waals surface area contributed by atoms with Gasteiger partial charge in [-0.15, -0.1) is 0 Å². The van der Waals surface area contributed by atoms with Gasteiger partial charge in [0.1, 0.15) is 11.8 Å². The number of carbonyl (C=O) groups is 3. The van der Waals surface area contributed by atoms with Gasteiger partial charge in [0.15, 0.2) is 0 Å². The lowest BCUT2D eigenvalue weighted by Crippen LogP contribution is -2.58. The lowest BCUT2D eigenvalue weighted by Gasteiger charge is -2.55. The number of nitrogens with one attached hydrogen (secondary N) is 3. The molecule has 7 heteroatoms. The summed E-state index contributed by atoms with van der Waals surface area (Å²) in [6.07, 6.45) is 8.25. The fourth-order valence-corrected chi connectivity index (χ4v) is 6.16. The molecule has 4 bridgehead atoms. The van der Waals surface area contributed by atoms with E-state index in [2.05, 4.69) is 16.0 Å². The van der Waals surface area contributed by atoms with Crippen molar-refractivity contribution in [3.05, 3.63) is 24.2 Å². The van der Waals surface area contributed by atoms with Crippen molar-refractivity contribution < 1.29 is 18.8 Å². The fourth-order valence-electron chi connectivity index (χ4n) is 6.16. The first-order valence-electron chi connectivity index (χ1n) is 11.2. The standard InChI is InChI=1S/C23H33N3O4/c1-14(2)20(21(28)25-13-19(27)24-12-18-4-3-5-30-18)26-22(29)23-9-15-6-16(10-23)8-17(7-15)11-23/h3-5,14-17,20H,6-13H2,1-2H3,(H,24,27)(H,25,28)(H,26,29)/t15?,16?,17?,20-,23?/m1/s1. The molecule has 164 valence electrons. The number of rotatable bonds is 8. The molecule has 1 heterocycles. The van der Waals surface area contributed by atoms with Gasteiger partial charge in [0.05, 0.1) is 19.4 Å². The third kappa shape index (κ3) is 4.40. The molecule has 0 aliphatic heterocycles. The number of amides is 3. The Kier molecular flexibility index (Phi) is 5.89. The summed E-state index contributed by atoms with van der Waals surface area (Å²) in [5.41, 5.74) is -0.289. The van der Waals surface area contributed by atoms with Crippen molar-refractivity contribution in [3.8, 4) is 0 Å². The normalized spacial score (nSPS) is 30.2. The van der Waals surface area contributed by atoms with Gasteiger partial charge in [-0.3, -0.25) is 14.4 Å². The van der Waals surface area contributed by atoms with Gasteiger partial charge in [0.25, 0.3) is 0 Å². The maximum absolute atomic E-state index is 13.3. The van der Waals surface area contributed by atoms with E-state index in [1.54, 1.807) is 18.4 Å². The molecule has 4 saturated carbocycles. The van der Waals surface area contributed by atoms with Crippen LogP contribution in [0.3, 0.4) is 0 Å². The Morgan fingerprint density at radius 3 is 2.23 bits per heavy atom. The summed E-state index contributed by atoms with van der Waals surface area (Å²) < 4.78 is 5.17. The molecule has 1 aromatic rings. The summed E-state index contributed by atoms with van der Waals surface area (Å²) in [7, 11) is 0. The molecule has 0 radical (unpaired) electrons. The minimum absolute atomic E-state index is 0.0396. The smallest absolute Gasteiger partial charge is 0.243 e. The molecule has 0 saturated heterocycles. The molecule has 7 nitrogen and oxygen atoms in total. The second-order valence-corrected chi connectivity index (χ2v) is 9.97. The van der Waals surface area contributed by atoms with E-state index in [-0.39, 0.29) is 42.1 Å². The zero-order valence-electron chi connectivity index (χ0n) is 17.9. The molecule has 5 rings (SSSR count). The topological polar surface area (TPSA) is 100 Å². The van der Waals surface area contributed by atoms with Crippen LogP contribution in [-0.2, 0) is 20.9 Å². The van der Waals surface area contributed by atoms with Crippen molar-refractivity contribution in [3.63, 3.8) is 0 Å². The van der Waals surface area contributed by atoms with Crippen molar-refractivity contribution >= 4 is 17.7 Å². The van der Waals surface area contributed by atoms with Crippen LogP contribution in [0, 0.1) is 29.1 Å². The molecule has 3 N–H and O–H groups in total. The summed E-state index contributed by atoms with van der Waals surface area (Å²) in [4.78, 5) is 38.1. The SMILES string of the molecule is CC(C)[C@@H](NC(=O)C12CC3CC(CC(C3)C1)C2)C(=O)NCC(=O)NCc1ccco1. The van der Waals surface area contributed by atoms with Gasteiger partial charge >= 0.3 is 0 Å². The average molecular weight is 416 g/mol. The Morgan fingerprint density at radius 1 is 1.07 bits per heavy atom. The molecule has 1 atom stereocenters. The van der Waals surface area contributed by atoms with Crippen LogP contribution in [0.15, 0.2) is 22.8 Å². The van der Waals surface area contributed by atoms with Crippen LogP contribution in [0.25, 0.3) is 0 Å². The molecule has 30 heavy (non-hydrogen) atoms. The van der Waals surface area contributed by atoms with E-state index in [4.69, 9.17) is 4.42 Å². The van der Waals surface area contributed by atoms with E-state index in [0.717, 1.165) is 19.3 Å². The van der Waals surface area contributed by atoms with Gasteiger partial charge in [0, 0.05) is 5.41 Å². The number of carbonyl (C=O) groups excluding carboxylic acids is 3. The summed E-state index contributed by atoms with van der Waals surface area (Å²) in [6.45, 7) is 3.98. The van der Waals surface area contributed by atoms with Gasteiger partial charge in [-0.1, -0.05) is 13.8 Å². The molecule has 4 aliphatic carbocycles. The van der Waals surface area contributed by atoms with E-state index < -0.39 is 6.04 Å². The molecule has 0 spiro atoms. The lowest BCUT2D eigenvalue weighted by molar-refractivity contribution is -0.149. The molecule has 0 aromatic carbocycles. The Labute approximate surface area is 177 Å². The third-order valence-electron chi connectivity index (χ3n) is 7.22. The number of hydrogen-bond donors (Lipinski definition) is 3. The van der Waals surface area contributed by atoms with Crippen LogP contribution in [0.1, 0.15) is 58.1 Å². The first kappa shape index (κ1) is 20.9. The first-order valence-corrected chi connectivity index (χ1v) is 11.2. The summed E-state index contributed by atoms with van der Waals surface area (Å²) in [5, 5.41) is 8.43. The summed E-state index contributed by atoms with van der Waals surface area (Å²) in [5.74, 6) is 2.04. The average Bonchev–Trinajstić information content (AvgIpc) is 3.20. The number of furan rings is 1. The predicted octanol–water partition coefficient (Wildman–Crippen LogP) is 2.37. The largest absolute Gasteiger partial charge is 0.467 e. The zero-order chi connectivity index (χ0) is 21.3. The lowest BCUT2D eigenvalue weighted by atomic mass is 9.49. The van der Waals surface area contributed by atoms with Crippen LogP contribution >= 0.6 is 0 Å². The Bertz CT molecular complexity index is 751. The fraction of sp³-hybridized carbons (Fsp3) is 0.696. The Hall–Kier alpha value is -2.31. The molecular formula is C23H33N3O4. The Morgan fingerprint density at radius 2 is 1.70 bits per heavy atom. The van der Waals surface area contributed by atoms with Crippen LogP contribution in [0.2, 0.25) is 0 Å². The second kappa shape index (κ2) is 8.44. The highest BCUT2D eigenvalue weighted by molar-refractivity contribution is 5.92. The maximum atomic E-state index is 13.3. The van der Waals surface area contributed by atoms with Gasteiger partial charge in [-0.25, -0.2) is 0 Å². The molecule has 4 fully saturated rings. The molecule has 0 unspecified atom stereocenters. The maximum Gasteiger partial charge on any atom is 0.243 e. The summed E-state index contributed by atoms with van der Waals surface area (Å²) in [6, 6.07) is 2.89. The van der Waals surface area contributed by atoms with Gasteiger partial charge in [-0.2, -0.15) is 0 Å². The molecule has 4 aliphatic rings. The highest BCUT2D eigenvalue weighted by atomic mass is 16.3. The van der Waals surface area contributed by atoms with E-state index in [9.17, 15) is 14.4 Å². The van der Waals surface area contributed by atoms with Crippen molar-refractivity contribution in [2.75, 3.05) is 6.54 Å². The van der Waals surface area contributed by atoms with Gasteiger partial charge in [0.2, 0.25) is 17.7 Å². The molecule has 1 aromatic heterocycles. The Balaban J connectivity index is 1.30. The van der Waals surface area contributed by atoms with Crippen molar-refractivity contribution in [2.45, 2.75) is 65.0 Å². The number of hydrogen-bond acceptors (Lipinski definition) is 4. The third-order valence-corrected chi connectivity index (χ3v) is 7.22. The van der Waals surface area contributed by atoms with Crippen molar-refractivity contribution in [1.29, 1.82) is 0 Å². The van der Waals surface area contributed by atoms with E-state index in [1.165, 1.54) is 19.3 Å². The quantitative estimate of drug-likeness (QED) is 0.607. The first-order chi connectivity index (χ1) is 14.3.